The van der Waals surface area contributed by atoms with Gasteiger partial charge in [0.05, 0.1) is 16.3 Å². The first-order valence-corrected chi connectivity index (χ1v) is 12.6. The van der Waals surface area contributed by atoms with E-state index in [0.29, 0.717) is 29.9 Å². The molecule has 8 heteroatoms. The Morgan fingerprint density at radius 2 is 1.69 bits per heavy atom. The summed E-state index contributed by atoms with van der Waals surface area (Å²) in [4.78, 5) is 26.8. The molecule has 1 heterocycles. The molecular weight excluding hydrogens is 426 g/mol. The van der Waals surface area contributed by atoms with Gasteiger partial charge < -0.3 is 10.2 Å². The fraction of sp³-hybridized carbons (Fsp3) is 0.417. The molecule has 0 radical (unpaired) electrons. The van der Waals surface area contributed by atoms with E-state index in [2.05, 4.69) is 5.32 Å². The third-order valence-corrected chi connectivity index (χ3v) is 8.32. The fourth-order valence-electron chi connectivity index (χ4n) is 4.50. The summed E-state index contributed by atoms with van der Waals surface area (Å²) in [6, 6.07) is 13.3. The van der Waals surface area contributed by atoms with Crippen LogP contribution in [0.15, 0.2) is 53.4 Å². The molecule has 1 saturated heterocycles. The van der Waals surface area contributed by atoms with Crippen molar-refractivity contribution in [1.82, 2.24) is 4.31 Å². The normalized spacial score (nSPS) is 17.7. The lowest BCUT2D eigenvalue weighted by atomic mass is 9.96. The Labute approximate surface area is 189 Å². The van der Waals surface area contributed by atoms with Crippen molar-refractivity contribution in [1.29, 1.82) is 0 Å². The summed E-state index contributed by atoms with van der Waals surface area (Å²) in [6.07, 6.45) is 6.33. The van der Waals surface area contributed by atoms with Gasteiger partial charge in [0.25, 0.3) is 5.91 Å². The summed E-state index contributed by atoms with van der Waals surface area (Å²) in [5, 5.41) is 2.86. The number of para-hydroxylation sites is 2. The van der Waals surface area contributed by atoms with E-state index in [-0.39, 0.29) is 22.8 Å². The Hall–Kier alpha value is -2.71. The summed E-state index contributed by atoms with van der Waals surface area (Å²) < 4.78 is 27.5. The van der Waals surface area contributed by atoms with Gasteiger partial charge in [0.1, 0.15) is 0 Å². The van der Waals surface area contributed by atoms with Crippen LogP contribution in [0.25, 0.3) is 0 Å². The van der Waals surface area contributed by atoms with Crippen LogP contribution in [0.1, 0.15) is 55.3 Å². The zero-order valence-electron chi connectivity index (χ0n) is 18.3. The smallest absolute Gasteiger partial charge is 0.255 e. The number of rotatable bonds is 6. The quantitative estimate of drug-likeness (QED) is 0.713. The van der Waals surface area contributed by atoms with Crippen molar-refractivity contribution in [3.8, 4) is 0 Å². The molecule has 7 nitrogen and oxygen atoms in total. The number of anilines is 2. The lowest BCUT2D eigenvalue weighted by Crippen LogP contribution is -2.38. The van der Waals surface area contributed by atoms with E-state index in [9.17, 15) is 18.0 Å². The van der Waals surface area contributed by atoms with Gasteiger partial charge in [0.15, 0.2) is 0 Å². The minimum Gasteiger partial charge on any atom is -0.320 e. The SMILES string of the molecule is CN(C1CCCCC1)S(=O)(=O)c1ccc(C(=O)Nc2ccccc2N2CCCC2=O)cc1. The molecular formula is C24H29N3O4S. The van der Waals surface area contributed by atoms with Crippen LogP contribution in [0.3, 0.4) is 0 Å². The first-order chi connectivity index (χ1) is 15.4. The maximum atomic E-state index is 13.0. The topological polar surface area (TPSA) is 86.8 Å². The molecule has 0 spiro atoms. The second kappa shape index (κ2) is 9.42. The second-order valence-electron chi connectivity index (χ2n) is 8.46. The Kier molecular flexibility index (Phi) is 6.62. The summed E-state index contributed by atoms with van der Waals surface area (Å²) in [6.45, 7) is 0.632. The van der Waals surface area contributed by atoms with Gasteiger partial charge in [-0.05, 0) is 55.7 Å². The number of hydrogen-bond acceptors (Lipinski definition) is 4. The van der Waals surface area contributed by atoms with E-state index in [1.165, 1.54) is 28.6 Å². The van der Waals surface area contributed by atoms with E-state index in [1.807, 2.05) is 12.1 Å². The van der Waals surface area contributed by atoms with Gasteiger partial charge in [-0.2, -0.15) is 4.31 Å². The van der Waals surface area contributed by atoms with Crippen molar-refractivity contribution in [3.05, 3.63) is 54.1 Å². The van der Waals surface area contributed by atoms with Crippen molar-refractivity contribution in [3.63, 3.8) is 0 Å². The van der Waals surface area contributed by atoms with Gasteiger partial charge in [0.2, 0.25) is 15.9 Å². The lowest BCUT2D eigenvalue weighted by Gasteiger charge is -2.30. The van der Waals surface area contributed by atoms with Crippen molar-refractivity contribution >= 4 is 33.2 Å². The maximum Gasteiger partial charge on any atom is 0.255 e. The number of benzene rings is 2. The zero-order valence-corrected chi connectivity index (χ0v) is 19.1. The molecule has 2 amide bonds. The summed E-state index contributed by atoms with van der Waals surface area (Å²) in [5.74, 6) is -0.308. The molecule has 1 aliphatic carbocycles. The van der Waals surface area contributed by atoms with Crippen LogP contribution in [-0.4, -0.2) is 44.2 Å². The molecule has 2 aromatic rings. The van der Waals surface area contributed by atoms with Crippen molar-refractivity contribution < 1.29 is 18.0 Å². The van der Waals surface area contributed by atoms with Crippen molar-refractivity contribution in [2.45, 2.75) is 55.9 Å². The zero-order chi connectivity index (χ0) is 22.7. The molecule has 0 aromatic heterocycles. The number of carbonyl (C=O) groups is 2. The minimum atomic E-state index is -3.61. The fourth-order valence-corrected chi connectivity index (χ4v) is 5.91. The van der Waals surface area contributed by atoms with Crippen LogP contribution >= 0.6 is 0 Å². The van der Waals surface area contributed by atoms with Crippen LogP contribution in [0.5, 0.6) is 0 Å². The van der Waals surface area contributed by atoms with Crippen LogP contribution in [0, 0.1) is 0 Å². The molecule has 1 saturated carbocycles. The van der Waals surface area contributed by atoms with E-state index in [4.69, 9.17) is 0 Å². The monoisotopic (exact) mass is 455 g/mol. The molecule has 2 aliphatic rings. The van der Waals surface area contributed by atoms with Gasteiger partial charge in [-0.15, -0.1) is 0 Å². The predicted molar refractivity (Wildman–Crippen MR) is 124 cm³/mol. The highest BCUT2D eigenvalue weighted by Crippen LogP contribution is 2.30. The summed E-state index contributed by atoms with van der Waals surface area (Å²) in [7, 11) is -1.97. The molecule has 4 rings (SSSR count). The highest BCUT2D eigenvalue weighted by molar-refractivity contribution is 7.89. The average Bonchev–Trinajstić information content (AvgIpc) is 3.25. The molecule has 32 heavy (non-hydrogen) atoms. The highest BCUT2D eigenvalue weighted by atomic mass is 32.2. The largest absolute Gasteiger partial charge is 0.320 e. The van der Waals surface area contributed by atoms with Gasteiger partial charge in [-0.3, -0.25) is 9.59 Å². The predicted octanol–water partition coefficient (Wildman–Crippen LogP) is 4.02. The summed E-state index contributed by atoms with van der Waals surface area (Å²) >= 11 is 0. The second-order valence-corrected chi connectivity index (χ2v) is 10.5. The number of carbonyl (C=O) groups excluding carboxylic acids is 2. The number of sulfonamides is 1. The van der Waals surface area contributed by atoms with Crippen LogP contribution in [-0.2, 0) is 14.8 Å². The van der Waals surface area contributed by atoms with E-state index in [0.717, 1.165) is 38.5 Å². The molecule has 2 aromatic carbocycles. The number of nitrogens with zero attached hydrogens (tertiary/aromatic N) is 2. The average molecular weight is 456 g/mol. The first kappa shape index (κ1) is 22.5. The number of hydrogen-bond donors (Lipinski definition) is 1. The van der Waals surface area contributed by atoms with Crippen LogP contribution in [0.4, 0.5) is 11.4 Å². The summed E-state index contributed by atoms with van der Waals surface area (Å²) in [5.41, 5.74) is 1.59. The molecule has 0 atom stereocenters. The molecule has 1 N–H and O–H groups in total. The first-order valence-electron chi connectivity index (χ1n) is 11.2. The molecule has 170 valence electrons. The van der Waals surface area contributed by atoms with Gasteiger partial charge in [0, 0.05) is 31.6 Å². The molecule has 1 aliphatic heterocycles. The molecule has 0 unspecified atom stereocenters. The van der Waals surface area contributed by atoms with E-state index in [1.54, 1.807) is 24.1 Å². The Morgan fingerprint density at radius 3 is 2.34 bits per heavy atom. The molecule has 0 bridgehead atoms. The Balaban J connectivity index is 1.49. The van der Waals surface area contributed by atoms with E-state index < -0.39 is 10.0 Å². The van der Waals surface area contributed by atoms with E-state index >= 15 is 0 Å². The van der Waals surface area contributed by atoms with Gasteiger partial charge in [-0.1, -0.05) is 31.4 Å². The third-order valence-electron chi connectivity index (χ3n) is 6.40. The minimum absolute atomic E-state index is 0.0292. The molecule has 2 fully saturated rings. The van der Waals surface area contributed by atoms with Crippen LogP contribution in [0.2, 0.25) is 0 Å². The number of nitrogens with one attached hydrogen (secondary N) is 1. The highest BCUT2D eigenvalue weighted by Gasteiger charge is 2.29. The lowest BCUT2D eigenvalue weighted by molar-refractivity contribution is -0.117. The van der Waals surface area contributed by atoms with Crippen molar-refractivity contribution in [2.24, 2.45) is 0 Å². The van der Waals surface area contributed by atoms with Crippen molar-refractivity contribution in [2.75, 3.05) is 23.8 Å². The Bertz CT molecular complexity index is 1090. The third kappa shape index (κ3) is 4.56. The van der Waals surface area contributed by atoms with Crippen LogP contribution < -0.4 is 10.2 Å². The Morgan fingerprint density at radius 1 is 1.00 bits per heavy atom. The standard InChI is InChI=1S/C24H29N3O4S/c1-26(19-8-3-2-4-9-19)32(30,31)20-15-13-18(14-16-20)24(29)25-21-10-5-6-11-22(21)27-17-7-12-23(27)28/h5-6,10-11,13-16,19H,2-4,7-9,12,17H2,1H3,(H,25,29). The maximum absolute atomic E-state index is 13.0. The number of amides is 2. The van der Waals surface area contributed by atoms with Gasteiger partial charge >= 0.3 is 0 Å². The van der Waals surface area contributed by atoms with Gasteiger partial charge in [-0.25, -0.2) is 8.42 Å².